The molecule has 1 heterocycles. The fourth-order valence-corrected chi connectivity index (χ4v) is 3.93. The maximum atomic E-state index is 11.9. The van der Waals surface area contributed by atoms with E-state index in [0.717, 1.165) is 17.0 Å². The zero-order valence-electron chi connectivity index (χ0n) is 13.4. The van der Waals surface area contributed by atoms with Crippen LogP contribution in [-0.2, 0) is 14.6 Å². The lowest BCUT2D eigenvalue weighted by molar-refractivity contribution is -0.115. The number of aryl methyl sites for hydroxylation is 3. The summed E-state index contributed by atoms with van der Waals surface area (Å²) in [5.74, 6) is -0.221. The maximum absolute atomic E-state index is 11.9. The minimum absolute atomic E-state index is 0.0260. The van der Waals surface area contributed by atoms with Gasteiger partial charge in [-0.2, -0.15) is 0 Å². The molecule has 0 aliphatic heterocycles. The number of amides is 1. The fourth-order valence-electron chi connectivity index (χ4n) is 2.25. The monoisotopic (exact) mass is 312 g/mol. The van der Waals surface area contributed by atoms with Crippen molar-refractivity contribution in [3.05, 3.63) is 23.0 Å². The number of hydrogen-bond acceptors (Lipinski definition) is 4. The molecule has 0 fully saturated rings. The highest BCUT2D eigenvalue weighted by Gasteiger charge is 2.16. The summed E-state index contributed by atoms with van der Waals surface area (Å²) in [4.78, 5) is 16.2. The van der Waals surface area contributed by atoms with E-state index in [-0.39, 0.29) is 29.8 Å². The van der Waals surface area contributed by atoms with Gasteiger partial charge in [0.05, 0.1) is 22.9 Å². The van der Waals surface area contributed by atoms with Crippen molar-refractivity contribution in [1.82, 2.24) is 4.98 Å². The Bertz CT molecular complexity index is 599. The molecule has 0 aromatic carbocycles. The lowest BCUT2D eigenvalue weighted by Crippen LogP contribution is -2.21. The number of pyridine rings is 1. The average molecular weight is 312 g/mol. The van der Waals surface area contributed by atoms with Crippen LogP contribution in [0.15, 0.2) is 6.07 Å². The number of anilines is 1. The topological polar surface area (TPSA) is 76.1 Å². The highest BCUT2D eigenvalue weighted by molar-refractivity contribution is 7.91. The fraction of sp³-hybridized carbons (Fsp3) is 0.600. The standard InChI is InChI=1S/C15H24N2O3S/c1-10(2)9-21(19,20)7-6-14(18)17-15-11(3)8-12(4)16-13(15)5/h8,10H,6-7,9H2,1-5H3,(H,17,18). The molecule has 0 unspecified atom stereocenters. The molecule has 1 aromatic rings. The van der Waals surface area contributed by atoms with Crippen LogP contribution in [-0.4, -0.2) is 30.8 Å². The Morgan fingerprint density at radius 2 is 1.90 bits per heavy atom. The van der Waals surface area contributed by atoms with Gasteiger partial charge >= 0.3 is 0 Å². The second-order valence-electron chi connectivity index (χ2n) is 5.85. The van der Waals surface area contributed by atoms with Crippen LogP contribution in [0.1, 0.15) is 37.2 Å². The number of aromatic nitrogens is 1. The molecule has 0 atom stereocenters. The van der Waals surface area contributed by atoms with Crippen LogP contribution >= 0.6 is 0 Å². The lowest BCUT2D eigenvalue weighted by Gasteiger charge is -2.12. The zero-order chi connectivity index (χ0) is 16.2. The second-order valence-corrected chi connectivity index (χ2v) is 8.08. The lowest BCUT2D eigenvalue weighted by atomic mass is 10.1. The van der Waals surface area contributed by atoms with E-state index in [1.165, 1.54) is 0 Å². The van der Waals surface area contributed by atoms with Crippen molar-refractivity contribution in [3.8, 4) is 0 Å². The van der Waals surface area contributed by atoms with Crippen molar-refractivity contribution >= 4 is 21.4 Å². The van der Waals surface area contributed by atoms with Gasteiger partial charge in [0.25, 0.3) is 0 Å². The van der Waals surface area contributed by atoms with Gasteiger partial charge < -0.3 is 5.32 Å². The molecule has 0 bridgehead atoms. The van der Waals surface area contributed by atoms with E-state index in [2.05, 4.69) is 10.3 Å². The van der Waals surface area contributed by atoms with E-state index in [4.69, 9.17) is 0 Å². The van der Waals surface area contributed by atoms with E-state index in [9.17, 15) is 13.2 Å². The maximum Gasteiger partial charge on any atom is 0.225 e. The predicted octanol–water partition coefficient (Wildman–Crippen LogP) is 2.41. The Kier molecular flexibility index (Phi) is 5.89. The number of hydrogen-bond donors (Lipinski definition) is 1. The summed E-state index contributed by atoms with van der Waals surface area (Å²) in [6, 6.07) is 1.89. The minimum atomic E-state index is -3.17. The summed E-state index contributed by atoms with van der Waals surface area (Å²) in [7, 11) is -3.17. The molecule has 0 aliphatic carbocycles. The normalized spacial score (nSPS) is 11.7. The van der Waals surface area contributed by atoms with Gasteiger partial charge in [-0.3, -0.25) is 9.78 Å². The third-order valence-corrected chi connectivity index (χ3v) is 5.02. The van der Waals surface area contributed by atoms with E-state index in [1.54, 1.807) is 0 Å². The Labute approximate surface area is 127 Å². The molecule has 0 aliphatic rings. The smallest absolute Gasteiger partial charge is 0.225 e. The minimum Gasteiger partial charge on any atom is -0.324 e. The highest BCUT2D eigenvalue weighted by Crippen LogP contribution is 2.19. The summed E-state index contributed by atoms with van der Waals surface area (Å²) in [6.45, 7) is 9.31. The molecule has 5 nitrogen and oxygen atoms in total. The van der Waals surface area contributed by atoms with Crippen LogP contribution in [0.25, 0.3) is 0 Å². The number of sulfone groups is 1. The Hall–Kier alpha value is -1.43. The van der Waals surface area contributed by atoms with Gasteiger partial charge in [0, 0.05) is 12.1 Å². The van der Waals surface area contributed by atoms with Crippen LogP contribution < -0.4 is 5.32 Å². The molecule has 1 amide bonds. The summed E-state index contributed by atoms with van der Waals surface area (Å²) >= 11 is 0. The first-order chi connectivity index (χ1) is 9.60. The second kappa shape index (κ2) is 7.02. The number of carbonyl (C=O) groups is 1. The van der Waals surface area contributed by atoms with Gasteiger partial charge in [-0.05, 0) is 38.3 Å². The predicted molar refractivity (Wildman–Crippen MR) is 85.2 cm³/mol. The van der Waals surface area contributed by atoms with Crippen molar-refractivity contribution in [2.24, 2.45) is 5.92 Å². The van der Waals surface area contributed by atoms with E-state index >= 15 is 0 Å². The number of rotatable bonds is 6. The third-order valence-electron chi connectivity index (χ3n) is 3.02. The van der Waals surface area contributed by atoms with Gasteiger partial charge in [0.15, 0.2) is 9.84 Å². The SMILES string of the molecule is Cc1cc(C)c(NC(=O)CCS(=O)(=O)CC(C)C)c(C)n1. The molecule has 1 N–H and O–H groups in total. The van der Waals surface area contributed by atoms with Crippen molar-refractivity contribution in [2.75, 3.05) is 16.8 Å². The van der Waals surface area contributed by atoms with E-state index < -0.39 is 9.84 Å². The molecule has 0 saturated heterocycles. The van der Waals surface area contributed by atoms with E-state index in [0.29, 0.717) is 5.69 Å². The first kappa shape index (κ1) is 17.6. The van der Waals surface area contributed by atoms with Crippen LogP contribution in [0.2, 0.25) is 0 Å². The van der Waals surface area contributed by atoms with Gasteiger partial charge in [-0.25, -0.2) is 8.42 Å². The van der Waals surface area contributed by atoms with E-state index in [1.807, 2.05) is 40.7 Å². The van der Waals surface area contributed by atoms with Crippen LogP contribution in [0, 0.1) is 26.7 Å². The summed E-state index contributed by atoms with van der Waals surface area (Å²) in [6.07, 6.45) is -0.0260. The third kappa shape index (κ3) is 5.83. The molecule has 0 radical (unpaired) electrons. The quantitative estimate of drug-likeness (QED) is 0.875. The Morgan fingerprint density at radius 3 is 2.43 bits per heavy atom. The molecule has 0 spiro atoms. The van der Waals surface area contributed by atoms with Crippen LogP contribution in [0.5, 0.6) is 0 Å². The molecule has 1 aromatic heterocycles. The van der Waals surface area contributed by atoms with Gasteiger partial charge in [0.2, 0.25) is 5.91 Å². The Morgan fingerprint density at radius 1 is 1.29 bits per heavy atom. The van der Waals surface area contributed by atoms with Crippen LogP contribution in [0.4, 0.5) is 5.69 Å². The Balaban J connectivity index is 2.67. The summed E-state index contributed by atoms with van der Waals surface area (Å²) in [5, 5.41) is 2.77. The van der Waals surface area contributed by atoms with Gasteiger partial charge in [0.1, 0.15) is 0 Å². The van der Waals surface area contributed by atoms with Crippen LogP contribution in [0.3, 0.4) is 0 Å². The van der Waals surface area contributed by atoms with Crippen molar-refractivity contribution < 1.29 is 13.2 Å². The molecule has 118 valence electrons. The molecule has 21 heavy (non-hydrogen) atoms. The van der Waals surface area contributed by atoms with Crippen molar-refractivity contribution in [1.29, 1.82) is 0 Å². The number of carbonyl (C=O) groups excluding carboxylic acids is 1. The largest absolute Gasteiger partial charge is 0.324 e. The average Bonchev–Trinajstić information content (AvgIpc) is 2.29. The molecule has 1 rings (SSSR count). The zero-order valence-corrected chi connectivity index (χ0v) is 14.2. The summed E-state index contributed by atoms with van der Waals surface area (Å²) < 4.78 is 23.6. The first-order valence-electron chi connectivity index (χ1n) is 7.06. The molecule has 6 heteroatoms. The summed E-state index contributed by atoms with van der Waals surface area (Å²) in [5.41, 5.74) is 3.23. The van der Waals surface area contributed by atoms with Crippen molar-refractivity contribution in [2.45, 2.75) is 41.0 Å². The first-order valence-corrected chi connectivity index (χ1v) is 8.88. The molecular weight excluding hydrogens is 288 g/mol. The van der Waals surface area contributed by atoms with Crippen molar-refractivity contribution in [3.63, 3.8) is 0 Å². The van der Waals surface area contributed by atoms with Gasteiger partial charge in [-0.15, -0.1) is 0 Å². The number of nitrogens with one attached hydrogen (secondary N) is 1. The molecular formula is C15H24N2O3S. The highest BCUT2D eigenvalue weighted by atomic mass is 32.2. The van der Waals surface area contributed by atoms with Gasteiger partial charge in [-0.1, -0.05) is 13.8 Å². The number of nitrogens with zero attached hydrogens (tertiary/aromatic N) is 1. The molecule has 0 saturated carbocycles.